The minimum absolute atomic E-state index is 0.0586. The molecule has 3 nitrogen and oxygen atoms in total. The molecule has 3 N–H and O–H groups in total. The Hall–Kier alpha value is -1.05. The number of nitrogens with two attached hydrogens (primary N) is 1. The summed E-state index contributed by atoms with van der Waals surface area (Å²) in [6.07, 6.45) is -4.43. The minimum Gasteiger partial charge on any atom is -0.423 e. The van der Waals surface area contributed by atoms with Gasteiger partial charge in [0.15, 0.2) is 0 Å². The predicted octanol–water partition coefficient (Wildman–Crippen LogP) is 0.368. The predicted molar refractivity (Wildman–Crippen MR) is 54.1 cm³/mol. The average Bonchev–Trinajstić information content (AvgIpc) is 2.25. The first-order valence-electron chi connectivity index (χ1n) is 4.62. The molecule has 0 saturated heterocycles. The first kappa shape index (κ1) is 13.0. The van der Waals surface area contributed by atoms with Gasteiger partial charge in [-0.1, -0.05) is 24.3 Å². The standard InChI is InChI=1S/C9H11BF3NO2/c11-9(12,13)7-2-1-3-8(6-7)10(15)16-5-4-14/h1-3,6,15H,4-5,14H2. The number of hydrogen-bond acceptors (Lipinski definition) is 3. The third kappa shape index (κ3) is 3.51. The van der Waals surface area contributed by atoms with Gasteiger partial charge >= 0.3 is 13.3 Å². The Balaban J connectivity index is 2.82. The van der Waals surface area contributed by atoms with E-state index in [9.17, 15) is 18.2 Å². The van der Waals surface area contributed by atoms with E-state index in [2.05, 4.69) is 0 Å². The second-order valence-electron chi connectivity index (χ2n) is 3.14. The molecular weight excluding hydrogens is 222 g/mol. The molecule has 0 atom stereocenters. The molecule has 7 heteroatoms. The van der Waals surface area contributed by atoms with Gasteiger partial charge < -0.3 is 15.4 Å². The minimum atomic E-state index is -4.43. The molecule has 1 aromatic carbocycles. The van der Waals surface area contributed by atoms with E-state index >= 15 is 0 Å². The van der Waals surface area contributed by atoms with Crippen molar-refractivity contribution < 1.29 is 22.8 Å². The number of alkyl halides is 3. The van der Waals surface area contributed by atoms with Gasteiger partial charge in [0.1, 0.15) is 0 Å². The molecule has 0 saturated carbocycles. The molecule has 0 amide bonds. The monoisotopic (exact) mass is 233 g/mol. The van der Waals surface area contributed by atoms with Gasteiger partial charge in [-0.05, 0) is 5.46 Å². The Bertz CT molecular complexity index is 346. The second kappa shape index (κ2) is 5.33. The number of benzene rings is 1. The fraction of sp³-hybridized carbons (Fsp3) is 0.333. The molecule has 0 heterocycles. The van der Waals surface area contributed by atoms with Crippen molar-refractivity contribution in [1.82, 2.24) is 0 Å². The number of hydrogen-bond donors (Lipinski definition) is 2. The molecule has 0 aliphatic heterocycles. The Morgan fingerprint density at radius 3 is 2.62 bits per heavy atom. The summed E-state index contributed by atoms with van der Waals surface area (Å²) in [6.45, 7) is 0.271. The topological polar surface area (TPSA) is 55.5 Å². The Morgan fingerprint density at radius 1 is 1.38 bits per heavy atom. The summed E-state index contributed by atoms with van der Waals surface area (Å²) in [5, 5.41) is 9.40. The summed E-state index contributed by atoms with van der Waals surface area (Å²) in [7, 11) is -1.38. The third-order valence-corrected chi connectivity index (χ3v) is 1.89. The fourth-order valence-electron chi connectivity index (χ4n) is 1.14. The van der Waals surface area contributed by atoms with Crippen molar-refractivity contribution in [2.75, 3.05) is 13.2 Å². The lowest BCUT2D eigenvalue weighted by Crippen LogP contribution is -2.35. The van der Waals surface area contributed by atoms with Crippen LogP contribution in [0, 0.1) is 0 Å². The van der Waals surface area contributed by atoms with Crippen molar-refractivity contribution in [1.29, 1.82) is 0 Å². The zero-order chi connectivity index (χ0) is 12.2. The number of rotatable bonds is 4. The van der Waals surface area contributed by atoms with Crippen molar-refractivity contribution in [2.24, 2.45) is 5.73 Å². The zero-order valence-electron chi connectivity index (χ0n) is 8.37. The summed E-state index contributed by atoms with van der Waals surface area (Å²) in [6, 6.07) is 4.35. The maximum atomic E-state index is 12.3. The largest absolute Gasteiger partial charge is 0.491 e. The van der Waals surface area contributed by atoms with Crippen LogP contribution in [0.1, 0.15) is 5.56 Å². The highest BCUT2D eigenvalue weighted by Crippen LogP contribution is 2.28. The molecule has 0 bridgehead atoms. The maximum Gasteiger partial charge on any atom is 0.491 e. The molecule has 16 heavy (non-hydrogen) atoms. The fourth-order valence-corrected chi connectivity index (χ4v) is 1.14. The van der Waals surface area contributed by atoms with Crippen LogP contribution in [0.3, 0.4) is 0 Å². The van der Waals surface area contributed by atoms with Crippen molar-refractivity contribution in [3.8, 4) is 0 Å². The first-order chi connectivity index (χ1) is 7.45. The molecule has 88 valence electrons. The van der Waals surface area contributed by atoms with Gasteiger partial charge in [0.2, 0.25) is 0 Å². The quantitative estimate of drug-likeness (QED) is 0.738. The molecule has 0 fully saturated rings. The van der Waals surface area contributed by atoms with Crippen LogP contribution in [-0.4, -0.2) is 25.3 Å². The summed E-state index contributed by atoms with van der Waals surface area (Å²) < 4.78 is 41.8. The van der Waals surface area contributed by atoms with Gasteiger partial charge in [-0.2, -0.15) is 13.2 Å². The zero-order valence-corrected chi connectivity index (χ0v) is 8.37. The lowest BCUT2D eigenvalue weighted by molar-refractivity contribution is -0.137. The Kier molecular flexibility index (Phi) is 4.34. The van der Waals surface area contributed by atoms with E-state index in [1.54, 1.807) is 0 Å². The molecule has 0 unspecified atom stereocenters. The van der Waals surface area contributed by atoms with E-state index in [0.717, 1.165) is 12.1 Å². The van der Waals surface area contributed by atoms with Crippen molar-refractivity contribution in [2.45, 2.75) is 6.18 Å². The third-order valence-electron chi connectivity index (χ3n) is 1.89. The van der Waals surface area contributed by atoms with Gasteiger partial charge in [-0.15, -0.1) is 0 Å². The van der Waals surface area contributed by atoms with Crippen LogP contribution in [0.15, 0.2) is 24.3 Å². The summed E-state index contributed by atoms with van der Waals surface area (Å²) >= 11 is 0. The van der Waals surface area contributed by atoms with Crippen LogP contribution in [0.5, 0.6) is 0 Å². The lowest BCUT2D eigenvalue weighted by atomic mass is 9.79. The SMILES string of the molecule is NCCOB(O)c1cccc(C(F)(F)F)c1. The van der Waals surface area contributed by atoms with E-state index in [1.165, 1.54) is 12.1 Å². The molecule has 0 aliphatic carbocycles. The summed E-state index contributed by atoms with van der Waals surface area (Å²) in [5.41, 5.74) is 4.38. The molecule has 0 radical (unpaired) electrons. The molecular formula is C9H11BF3NO2. The summed E-state index contributed by atoms with van der Waals surface area (Å²) in [4.78, 5) is 0. The lowest BCUT2D eigenvalue weighted by Gasteiger charge is -2.10. The van der Waals surface area contributed by atoms with Crippen LogP contribution in [-0.2, 0) is 10.8 Å². The molecule has 0 aromatic heterocycles. The van der Waals surface area contributed by atoms with Gasteiger partial charge in [-0.3, -0.25) is 0 Å². The van der Waals surface area contributed by atoms with Crippen LogP contribution in [0.25, 0.3) is 0 Å². The van der Waals surface area contributed by atoms with Gasteiger partial charge in [0.05, 0.1) is 5.56 Å². The van der Waals surface area contributed by atoms with Crippen molar-refractivity contribution >= 4 is 12.6 Å². The highest BCUT2D eigenvalue weighted by molar-refractivity contribution is 6.59. The van der Waals surface area contributed by atoms with E-state index < -0.39 is 18.9 Å². The van der Waals surface area contributed by atoms with Gasteiger partial charge in [0.25, 0.3) is 0 Å². The van der Waals surface area contributed by atoms with Crippen molar-refractivity contribution in [3.63, 3.8) is 0 Å². The van der Waals surface area contributed by atoms with Crippen LogP contribution < -0.4 is 11.2 Å². The smallest absolute Gasteiger partial charge is 0.423 e. The van der Waals surface area contributed by atoms with Crippen LogP contribution >= 0.6 is 0 Å². The van der Waals surface area contributed by atoms with E-state index in [1.807, 2.05) is 0 Å². The Morgan fingerprint density at radius 2 is 2.06 bits per heavy atom. The first-order valence-corrected chi connectivity index (χ1v) is 4.62. The number of halogens is 3. The van der Waals surface area contributed by atoms with Crippen LogP contribution in [0.2, 0.25) is 0 Å². The van der Waals surface area contributed by atoms with Gasteiger partial charge in [0, 0.05) is 13.2 Å². The molecule has 0 spiro atoms. The summed E-state index contributed by atoms with van der Waals surface area (Å²) in [5.74, 6) is 0. The molecule has 1 aromatic rings. The van der Waals surface area contributed by atoms with E-state index in [4.69, 9.17) is 10.4 Å². The van der Waals surface area contributed by atoms with Gasteiger partial charge in [-0.25, -0.2) is 0 Å². The van der Waals surface area contributed by atoms with E-state index in [0.29, 0.717) is 0 Å². The van der Waals surface area contributed by atoms with Crippen LogP contribution in [0.4, 0.5) is 13.2 Å². The Labute approximate surface area is 91.2 Å². The molecule has 0 aliphatic rings. The normalized spacial score (nSPS) is 11.6. The molecule has 1 rings (SSSR count). The maximum absolute atomic E-state index is 12.3. The average molecular weight is 233 g/mol. The van der Waals surface area contributed by atoms with E-state index in [-0.39, 0.29) is 18.6 Å². The second-order valence-corrected chi connectivity index (χ2v) is 3.14. The highest BCUT2D eigenvalue weighted by Gasteiger charge is 2.31. The van der Waals surface area contributed by atoms with Crippen molar-refractivity contribution in [3.05, 3.63) is 29.8 Å². The highest BCUT2D eigenvalue weighted by atomic mass is 19.4.